The molecule has 0 bridgehead atoms. The van der Waals surface area contributed by atoms with E-state index in [2.05, 4.69) is 0 Å². The Labute approximate surface area is 105 Å². The molecule has 100 valence electrons. The molecule has 0 saturated carbocycles. The van der Waals surface area contributed by atoms with Gasteiger partial charge in [0.25, 0.3) is 11.2 Å². The van der Waals surface area contributed by atoms with Gasteiger partial charge in [-0.15, -0.1) is 0 Å². The van der Waals surface area contributed by atoms with Crippen LogP contribution in [-0.2, 0) is 9.47 Å². The van der Waals surface area contributed by atoms with E-state index in [-0.39, 0.29) is 11.2 Å². The van der Waals surface area contributed by atoms with E-state index < -0.39 is 8.07 Å². The largest absolute Gasteiger partial charge is 0.470 e. The topological polar surface area (TPSA) is 52.6 Å². The summed E-state index contributed by atoms with van der Waals surface area (Å²) in [6.07, 6.45) is 3.61. The first-order valence-corrected chi connectivity index (χ1v) is 9.31. The fraction of sp³-hybridized carbons (Fsp3) is 0.833. The highest BCUT2D eigenvalue weighted by atomic mass is 28.3. The van der Waals surface area contributed by atoms with Gasteiger partial charge in [-0.2, -0.15) is 0 Å². The normalized spacial score (nSPS) is 11.1. The van der Waals surface area contributed by atoms with Crippen LogP contribution in [0.4, 0.5) is 9.59 Å². The molecule has 0 saturated heterocycles. The van der Waals surface area contributed by atoms with Crippen molar-refractivity contribution in [1.82, 2.24) is 0 Å². The van der Waals surface area contributed by atoms with Crippen molar-refractivity contribution in [2.24, 2.45) is 0 Å². The van der Waals surface area contributed by atoms with Crippen LogP contribution < -0.4 is 0 Å². The van der Waals surface area contributed by atoms with Gasteiger partial charge in [-0.1, -0.05) is 26.7 Å². The van der Waals surface area contributed by atoms with Gasteiger partial charge in [-0.05, 0) is 25.9 Å². The number of ether oxygens (including phenoxy) is 2. The monoisotopic (exact) mass is 260 g/mol. The molecule has 5 heteroatoms. The van der Waals surface area contributed by atoms with Crippen molar-refractivity contribution in [3.8, 4) is 0 Å². The summed E-state index contributed by atoms with van der Waals surface area (Å²) in [7, 11) is -2.73. The molecule has 0 atom stereocenters. The van der Waals surface area contributed by atoms with E-state index in [1.54, 1.807) is 13.1 Å². The van der Waals surface area contributed by atoms with Crippen LogP contribution in [0, 0.1) is 0 Å². The zero-order valence-corrected chi connectivity index (χ0v) is 12.4. The second kappa shape index (κ2) is 8.28. The van der Waals surface area contributed by atoms with Crippen LogP contribution in [0.3, 0.4) is 0 Å². The predicted octanol–water partition coefficient (Wildman–Crippen LogP) is 3.73. The van der Waals surface area contributed by atoms with Crippen LogP contribution in [-0.4, -0.2) is 32.5 Å². The molecule has 0 N–H and O–H groups in total. The molecule has 0 aliphatic rings. The molecule has 17 heavy (non-hydrogen) atoms. The van der Waals surface area contributed by atoms with E-state index in [0.717, 1.165) is 25.7 Å². The fourth-order valence-corrected chi connectivity index (χ4v) is 2.16. The Bertz CT molecular complexity index is 227. The lowest BCUT2D eigenvalue weighted by atomic mass is 10.4. The van der Waals surface area contributed by atoms with Crippen LogP contribution in [0.25, 0.3) is 0 Å². The molecule has 0 aliphatic carbocycles. The van der Waals surface area contributed by atoms with Gasteiger partial charge < -0.3 is 9.47 Å². The Morgan fingerprint density at radius 1 is 0.882 bits per heavy atom. The van der Waals surface area contributed by atoms with Crippen molar-refractivity contribution < 1.29 is 19.1 Å². The molecule has 0 rings (SSSR count). The van der Waals surface area contributed by atoms with Crippen molar-refractivity contribution in [3.05, 3.63) is 0 Å². The average molecular weight is 260 g/mol. The number of hydrogen-bond acceptors (Lipinski definition) is 4. The summed E-state index contributed by atoms with van der Waals surface area (Å²) in [4.78, 5) is 23.5. The van der Waals surface area contributed by atoms with Gasteiger partial charge >= 0.3 is 8.07 Å². The van der Waals surface area contributed by atoms with E-state index in [1.807, 2.05) is 13.8 Å². The SMILES string of the molecule is CCCCOC(=O)[Si](C)(C)C(=O)OCCCC. The smallest absolute Gasteiger partial charge is 0.306 e. The van der Waals surface area contributed by atoms with Crippen LogP contribution >= 0.6 is 0 Å². The molecule has 4 nitrogen and oxygen atoms in total. The van der Waals surface area contributed by atoms with Gasteiger partial charge in [-0.3, -0.25) is 9.59 Å². The third kappa shape index (κ3) is 5.86. The molecule has 0 fully saturated rings. The van der Waals surface area contributed by atoms with Gasteiger partial charge in [0.2, 0.25) is 0 Å². The highest BCUT2D eigenvalue weighted by Gasteiger charge is 2.43. The van der Waals surface area contributed by atoms with Crippen LogP contribution in [0.5, 0.6) is 0 Å². The Morgan fingerprint density at radius 2 is 1.24 bits per heavy atom. The molecule has 0 spiro atoms. The van der Waals surface area contributed by atoms with E-state index >= 15 is 0 Å². The maximum Gasteiger partial charge on any atom is 0.306 e. The molecular formula is C12H24O4Si. The Kier molecular flexibility index (Phi) is 7.87. The lowest BCUT2D eigenvalue weighted by Crippen LogP contribution is -2.47. The van der Waals surface area contributed by atoms with Gasteiger partial charge in [0, 0.05) is 0 Å². The number of rotatable bonds is 8. The number of carbonyl (C=O) groups excluding carboxylic acids is 2. The minimum Gasteiger partial charge on any atom is -0.470 e. The zero-order valence-electron chi connectivity index (χ0n) is 11.4. The van der Waals surface area contributed by atoms with Crippen molar-refractivity contribution in [1.29, 1.82) is 0 Å². The second-order valence-electron chi connectivity index (χ2n) is 4.60. The van der Waals surface area contributed by atoms with Gasteiger partial charge in [-0.25, -0.2) is 0 Å². The summed E-state index contributed by atoms with van der Waals surface area (Å²) >= 11 is 0. The van der Waals surface area contributed by atoms with E-state index in [4.69, 9.17) is 9.47 Å². The van der Waals surface area contributed by atoms with Crippen molar-refractivity contribution in [2.75, 3.05) is 13.2 Å². The third-order valence-electron chi connectivity index (χ3n) is 2.48. The molecule has 0 aliphatic heterocycles. The molecule has 0 unspecified atom stereocenters. The maximum absolute atomic E-state index is 11.8. The first-order valence-electron chi connectivity index (χ1n) is 6.31. The molecule has 0 aromatic rings. The molecular weight excluding hydrogens is 236 g/mol. The molecule has 0 heterocycles. The average Bonchev–Trinajstić information content (AvgIpc) is 2.29. The van der Waals surface area contributed by atoms with Crippen molar-refractivity contribution in [2.45, 2.75) is 52.6 Å². The van der Waals surface area contributed by atoms with Gasteiger partial charge in [0.05, 0.1) is 13.2 Å². The molecule has 0 aromatic carbocycles. The quantitative estimate of drug-likeness (QED) is 0.493. The van der Waals surface area contributed by atoms with E-state index in [1.165, 1.54) is 0 Å². The fourth-order valence-electron chi connectivity index (χ4n) is 1.06. The Balaban J connectivity index is 4.13. The first kappa shape index (κ1) is 16.2. The van der Waals surface area contributed by atoms with E-state index in [0.29, 0.717) is 13.2 Å². The highest BCUT2D eigenvalue weighted by molar-refractivity contribution is 7.22. The summed E-state index contributed by atoms with van der Waals surface area (Å²) in [6, 6.07) is 0. The summed E-state index contributed by atoms with van der Waals surface area (Å²) in [6.45, 7) is 8.19. The second-order valence-corrected chi connectivity index (χ2v) is 8.67. The maximum atomic E-state index is 11.8. The first-order chi connectivity index (χ1) is 7.96. The van der Waals surface area contributed by atoms with E-state index in [9.17, 15) is 9.59 Å². The number of unbranched alkanes of at least 4 members (excludes halogenated alkanes) is 2. The predicted molar refractivity (Wildman–Crippen MR) is 70.0 cm³/mol. The summed E-state index contributed by atoms with van der Waals surface area (Å²) in [5.74, 6) is 0. The Hall–Kier alpha value is -0.843. The summed E-state index contributed by atoms with van der Waals surface area (Å²) in [5.41, 5.74) is -0.736. The highest BCUT2D eigenvalue weighted by Crippen LogP contribution is 2.11. The number of hydrogen-bond donors (Lipinski definition) is 0. The van der Waals surface area contributed by atoms with Crippen LogP contribution in [0.15, 0.2) is 0 Å². The Morgan fingerprint density at radius 3 is 1.53 bits per heavy atom. The van der Waals surface area contributed by atoms with Crippen LogP contribution in [0.2, 0.25) is 13.1 Å². The summed E-state index contributed by atoms with van der Waals surface area (Å²) in [5, 5.41) is 0. The standard InChI is InChI=1S/C12H24O4Si/c1-5-7-9-15-11(13)17(3,4)12(14)16-10-8-6-2/h5-10H2,1-4H3. The molecule has 0 amide bonds. The van der Waals surface area contributed by atoms with Gasteiger partial charge in [0.15, 0.2) is 0 Å². The van der Waals surface area contributed by atoms with Gasteiger partial charge in [0.1, 0.15) is 0 Å². The number of carbonyl (C=O) groups is 2. The van der Waals surface area contributed by atoms with Crippen LogP contribution in [0.1, 0.15) is 39.5 Å². The molecule has 0 radical (unpaired) electrons. The summed E-state index contributed by atoms with van der Waals surface area (Å²) < 4.78 is 10.2. The molecule has 0 aromatic heterocycles. The minimum atomic E-state index is -2.73. The zero-order chi connectivity index (χ0) is 13.3. The lowest BCUT2D eigenvalue weighted by molar-refractivity contribution is 0.159. The lowest BCUT2D eigenvalue weighted by Gasteiger charge is -2.18. The van der Waals surface area contributed by atoms with Crippen molar-refractivity contribution >= 4 is 19.3 Å². The minimum absolute atomic E-state index is 0.368. The van der Waals surface area contributed by atoms with Crippen molar-refractivity contribution in [3.63, 3.8) is 0 Å². The third-order valence-corrected chi connectivity index (χ3v) is 4.81.